The zero-order valence-corrected chi connectivity index (χ0v) is 14.4. The van der Waals surface area contributed by atoms with E-state index >= 15 is 0 Å². The Balaban J connectivity index is 0.000000314. The van der Waals surface area contributed by atoms with Gasteiger partial charge in [-0.2, -0.15) is 5.11 Å². The maximum Gasteiger partial charge on any atom is 0.0935 e. The van der Waals surface area contributed by atoms with Crippen molar-refractivity contribution in [3.05, 3.63) is 102 Å². The summed E-state index contributed by atoms with van der Waals surface area (Å²) in [7, 11) is 0. The molecular formula is C21H17N3S. The van der Waals surface area contributed by atoms with Crippen LogP contribution >= 0.6 is 11.3 Å². The van der Waals surface area contributed by atoms with Crippen molar-refractivity contribution in [1.82, 2.24) is 4.98 Å². The fourth-order valence-electron chi connectivity index (χ4n) is 2.20. The fraction of sp³-hybridized carbons (Fsp3) is 0. The quantitative estimate of drug-likeness (QED) is 0.372. The first-order chi connectivity index (χ1) is 12.4. The van der Waals surface area contributed by atoms with Gasteiger partial charge in [-0.05, 0) is 23.8 Å². The van der Waals surface area contributed by atoms with Gasteiger partial charge >= 0.3 is 0 Å². The van der Waals surface area contributed by atoms with Crippen molar-refractivity contribution >= 4 is 22.7 Å². The summed E-state index contributed by atoms with van der Waals surface area (Å²) in [5.41, 5.74) is 5.76. The van der Waals surface area contributed by atoms with Crippen molar-refractivity contribution in [3.63, 3.8) is 0 Å². The third-order valence-electron chi connectivity index (χ3n) is 3.37. The van der Waals surface area contributed by atoms with Crippen molar-refractivity contribution in [2.45, 2.75) is 0 Å². The van der Waals surface area contributed by atoms with Crippen molar-refractivity contribution in [1.29, 1.82) is 0 Å². The third kappa shape index (κ3) is 5.19. The van der Waals surface area contributed by atoms with Gasteiger partial charge in [0.05, 0.1) is 16.9 Å². The lowest BCUT2D eigenvalue weighted by Gasteiger charge is -2.04. The number of benzene rings is 3. The molecule has 0 bridgehead atoms. The van der Waals surface area contributed by atoms with Gasteiger partial charge in [0, 0.05) is 17.1 Å². The molecule has 0 radical (unpaired) electrons. The molecule has 0 amide bonds. The second-order valence-electron chi connectivity index (χ2n) is 5.09. The summed E-state index contributed by atoms with van der Waals surface area (Å²) in [5, 5.41) is 10.6. The molecule has 3 nitrogen and oxygen atoms in total. The Labute approximate surface area is 151 Å². The Hall–Kier alpha value is -3.11. The minimum Gasteiger partial charge on any atom is -0.253 e. The Bertz CT molecular complexity index is 872. The molecule has 122 valence electrons. The summed E-state index contributed by atoms with van der Waals surface area (Å²) in [5.74, 6) is 0. The number of hydrogen-bond acceptors (Lipinski definition) is 4. The minimum absolute atomic E-state index is 0.857. The molecule has 3 aromatic carbocycles. The highest BCUT2D eigenvalue weighted by atomic mass is 32.1. The first-order valence-electron chi connectivity index (χ1n) is 7.87. The van der Waals surface area contributed by atoms with Crippen LogP contribution in [0.25, 0.3) is 11.1 Å². The average Bonchev–Trinajstić information content (AvgIpc) is 3.28. The Kier molecular flexibility index (Phi) is 6.19. The zero-order valence-electron chi connectivity index (χ0n) is 13.6. The van der Waals surface area contributed by atoms with E-state index in [0.29, 0.717) is 0 Å². The van der Waals surface area contributed by atoms with E-state index in [1.54, 1.807) is 23.0 Å². The van der Waals surface area contributed by atoms with E-state index in [1.165, 1.54) is 0 Å². The molecule has 0 saturated heterocycles. The molecule has 0 spiro atoms. The summed E-state index contributed by atoms with van der Waals surface area (Å²) in [6.45, 7) is 0. The number of rotatable bonds is 3. The number of thiazole rings is 1. The summed E-state index contributed by atoms with van der Waals surface area (Å²) in [6, 6.07) is 28.0. The fourth-order valence-corrected chi connectivity index (χ4v) is 2.56. The molecule has 25 heavy (non-hydrogen) atoms. The van der Waals surface area contributed by atoms with Gasteiger partial charge in [-0.3, -0.25) is 4.98 Å². The molecule has 1 heterocycles. The van der Waals surface area contributed by atoms with Gasteiger partial charge in [0.1, 0.15) is 0 Å². The zero-order chi connectivity index (χ0) is 17.2. The smallest absolute Gasteiger partial charge is 0.0935 e. The first kappa shape index (κ1) is 16.7. The Morgan fingerprint density at radius 2 is 1.36 bits per heavy atom. The largest absolute Gasteiger partial charge is 0.253 e. The van der Waals surface area contributed by atoms with Crippen LogP contribution in [-0.4, -0.2) is 4.98 Å². The number of aromatic nitrogens is 1. The summed E-state index contributed by atoms with van der Waals surface area (Å²) in [4.78, 5) is 3.74. The standard InChI is InChI=1S/C18H14N2.C3H3NS/c1-3-9-15(10-4-1)17-13-7-8-14-18(17)20-19-16-11-5-2-6-12-16;1-2-5-3-4-1/h1-14H;1-3H. The predicted octanol–water partition coefficient (Wildman–Crippen LogP) is 6.91. The molecule has 0 aliphatic heterocycles. The molecule has 4 heteroatoms. The van der Waals surface area contributed by atoms with Crippen LogP contribution < -0.4 is 0 Å². The number of nitrogens with zero attached hydrogens (tertiary/aromatic N) is 3. The van der Waals surface area contributed by atoms with Crippen molar-refractivity contribution in [3.8, 4) is 11.1 Å². The van der Waals surface area contributed by atoms with E-state index < -0.39 is 0 Å². The molecular weight excluding hydrogens is 326 g/mol. The van der Waals surface area contributed by atoms with Gasteiger partial charge in [0.2, 0.25) is 0 Å². The van der Waals surface area contributed by atoms with Crippen LogP contribution in [0, 0.1) is 0 Å². The van der Waals surface area contributed by atoms with Gasteiger partial charge in [0.25, 0.3) is 0 Å². The summed E-state index contributed by atoms with van der Waals surface area (Å²) in [6.07, 6.45) is 1.77. The number of azo groups is 1. The lowest BCUT2D eigenvalue weighted by Crippen LogP contribution is -1.77. The topological polar surface area (TPSA) is 37.6 Å². The molecule has 0 atom stereocenters. The number of hydrogen-bond donors (Lipinski definition) is 0. The van der Waals surface area contributed by atoms with Crippen molar-refractivity contribution < 1.29 is 0 Å². The highest BCUT2D eigenvalue weighted by Gasteiger charge is 2.02. The molecule has 0 N–H and O–H groups in total. The molecule has 1 aromatic heterocycles. The van der Waals surface area contributed by atoms with Crippen LogP contribution in [-0.2, 0) is 0 Å². The molecule has 0 unspecified atom stereocenters. The third-order valence-corrected chi connectivity index (χ3v) is 3.89. The van der Waals surface area contributed by atoms with E-state index in [0.717, 1.165) is 22.5 Å². The minimum atomic E-state index is 0.857. The van der Waals surface area contributed by atoms with Gasteiger partial charge in [0.15, 0.2) is 0 Å². The highest BCUT2D eigenvalue weighted by Crippen LogP contribution is 2.30. The SMILES string of the molecule is c1ccc(N=Nc2ccccc2-c2ccccc2)cc1.c1cscn1. The summed E-state index contributed by atoms with van der Waals surface area (Å²) < 4.78 is 0. The molecule has 4 rings (SSSR count). The predicted molar refractivity (Wildman–Crippen MR) is 105 cm³/mol. The van der Waals surface area contributed by atoms with Crippen LogP contribution in [0.1, 0.15) is 0 Å². The van der Waals surface area contributed by atoms with Crippen molar-refractivity contribution in [2.75, 3.05) is 0 Å². The lowest BCUT2D eigenvalue weighted by atomic mass is 10.0. The Morgan fingerprint density at radius 3 is 2.00 bits per heavy atom. The molecule has 0 aliphatic carbocycles. The monoisotopic (exact) mass is 343 g/mol. The van der Waals surface area contributed by atoms with Crippen LogP contribution in [0.15, 0.2) is 112 Å². The lowest BCUT2D eigenvalue weighted by molar-refractivity contribution is 1.23. The average molecular weight is 343 g/mol. The van der Waals surface area contributed by atoms with Crippen LogP contribution in [0.3, 0.4) is 0 Å². The van der Waals surface area contributed by atoms with Crippen LogP contribution in [0.5, 0.6) is 0 Å². The molecule has 0 fully saturated rings. The second-order valence-corrected chi connectivity index (χ2v) is 5.85. The highest BCUT2D eigenvalue weighted by molar-refractivity contribution is 7.07. The maximum atomic E-state index is 4.38. The van der Waals surface area contributed by atoms with Gasteiger partial charge in [-0.15, -0.1) is 16.5 Å². The van der Waals surface area contributed by atoms with E-state index in [-0.39, 0.29) is 0 Å². The molecule has 4 aromatic rings. The van der Waals surface area contributed by atoms with Crippen LogP contribution in [0.4, 0.5) is 11.4 Å². The van der Waals surface area contributed by atoms with Gasteiger partial charge < -0.3 is 0 Å². The second kappa shape index (κ2) is 9.25. The van der Waals surface area contributed by atoms with E-state index in [9.17, 15) is 0 Å². The normalized spacial score (nSPS) is 10.2. The van der Waals surface area contributed by atoms with E-state index in [1.807, 2.05) is 72.1 Å². The maximum absolute atomic E-state index is 4.38. The van der Waals surface area contributed by atoms with Crippen molar-refractivity contribution in [2.24, 2.45) is 10.2 Å². The van der Waals surface area contributed by atoms with E-state index in [4.69, 9.17) is 0 Å². The van der Waals surface area contributed by atoms with Crippen LogP contribution in [0.2, 0.25) is 0 Å². The summed E-state index contributed by atoms with van der Waals surface area (Å²) >= 11 is 1.60. The molecule has 0 saturated carbocycles. The Morgan fingerprint density at radius 1 is 0.680 bits per heavy atom. The van der Waals surface area contributed by atoms with Gasteiger partial charge in [-0.1, -0.05) is 66.7 Å². The van der Waals surface area contributed by atoms with Gasteiger partial charge in [-0.25, -0.2) is 0 Å². The first-order valence-corrected chi connectivity index (χ1v) is 8.81. The molecule has 0 aliphatic rings. The van der Waals surface area contributed by atoms with E-state index in [2.05, 4.69) is 33.4 Å².